The summed E-state index contributed by atoms with van der Waals surface area (Å²) in [5.41, 5.74) is 0. The summed E-state index contributed by atoms with van der Waals surface area (Å²) in [5, 5.41) is 18.4. The van der Waals surface area contributed by atoms with E-state index in [0.717, 1.165) is 4.90 Å². The van der Waals surface area contributed by atoms with E-state index >= 15 is 0 Å². The molecule has 0 aromatic carbocycles. The lowest BCUT2D eigenvalue weighted by molar-refractivity contribution is -0.150. The van der Waals surface area contributed by atoms with Gasteiger partial charge < -0.3 is 15.1 Å². The van der Waals surface area contributed by atoms with Crippen molar-refractivity contribution in [1.29, 1.82) is 0 Å². The van der Waals surface area contributed by atoms with E-state index in [1.165, 1.54) is 0 Å². The summed E-state index contributed by atoms with van der Waals surface area (Å²) in [6.45, 7) is -0.0854. The number of aliphatic hydroxyl groups excluding tert-OH is 1. The van der Waals surface area contributed by atoms with E-state index in [0.29, 0.717) is 0 Å². The van der Waals surface area contributed by atoms with Crippen molar-refractivity contribution in [2.24, 2.45) is 5.92 Å². The molecule has 1 aliphatic carbocycles. The number of alkyl halides is 2. The number of halogens is 2. The molecule has 2 N–H and O–H groups in total. The number of hydrogen-bond acceptors (Lipinski definition) is 3. The van der Waals surface area contributed by atoms with Crippen LogP contribution >= 0.6 is 0 Å². The van der Waals surface area contributed by atoms with Crippen molar-refractivity contribution >= 4 is 11.9 Å². The lowest BCUT2D eigenvalue weighted by atomic mass is 10.1. The molecule has 102 valence electrons. The average molecular weight is 263 g/mol. The Hall–Kier alpha value is -1.24. The van der Waals surface area contributed by atoms with Crippen LogP contribution in [0.1, 0.15) is 25.7 Å². The first-order valence-electron chi connectivity index (χ1n) is 5.89. The van der Waals surface area contributed by atoms with Gasteiger partial charge in [0.1, 0.15) is 6.04 Å². The highest BCUT2D eigenvalue weighted by Gasteiger charge is 2.47. The van der Waals surface area contributed by atoms with Crippen LogP contribution in [0.3, 0.4) is 0 Å². The van der Waals surface area contributed by atoms with Gasteiger partial charge in [-0.3, -0.25) is 4.79 Å². The number of β-amino-alcohol motifs (C(OH)–C–C–N with tert-alkyl or cyclic N) is 1. The smallest absolute Gasteiger partial charge is 0.326 e. The highest BCUT2D eigenvalue weighted by molar-refractivity contribution is 5.86. The van der Waals surface area contributed by atoms with E-state index in [9.17, 15) is 23.5 Å². The first-order valence-corrected chi connectivity index (χ1v) is 5.89. The van der Waals surface area contributed by atoms with Crippen LogP contribution in [0.25, 0.3) is 0 Å². The first kappa shape index (κ1) is 13.2. The fourth-order valence-corrected chi connectivity index (χ4v) is 2.69. The van der Waals surface area contributed by atoms with Gasteiger partial charge in [0, 0.05) is 31.7 Å². The molecule has 0 spiro atoms. The molecule has 0 aromatic rings. The van der Waals surface area contributed by atoms with Gasteiger partial charge in [0.2, 0.25) is 11.8 Å². The molecule has 1 aliphatic heterocycles. The van der Waals surface area contributed by atoms with Gasteiger partial charge in [-0.1, -0.05) is 0 Å². The average Bonchev–Trinajstić information content (AvgIpc) is 2.80. The van der Waals surface area contributed by atoms with Crippen molar-refractivity contribution in [3.8, 4) is 0 Å². The Morgan fingerprint density at radius 3 is 2.50 bits per heavy atom. The monoisotopic (exact) mass is 263 g/mol. The zero-order valence-corrected chi connectivity index (χ0v) is 9.68. The summed E-state index contributed by atoms with van der Waals surface area (Å²) < 4.78 is 26.1. The number of hydrogen-bond donors (Lipinski definition) is 2. The van der Waals surface area contributed by atoms with Crippen LogP contribution in [0.2, 0.25) is 0 Å². The number of amides is 1. The van der Waals surface area contributed by atoms with Crippen LogP contribution < -0.4 is 0 Å². The molecule has 18 heavy (non-hydrogen) atoms. The van der Waals surface area contributed by atoms with Crippen molar-refractivity contribution in [1.82, 2.24) is 4.90 Å². The largest absolute Gasteiger partial charge is 0.480 e. The Kier molecular flexibility index (Phi) is 3.27. The van der Waals surface area contributed by atoms with Gasteiger partial charge in [-0.15, -0.1) is 0 Å². The minimum Gasteiger partial charge on any atom is -0.480 e. The SMILES string of the molecule is O=C(O)[C@@H]1C[C@@H](O)CN1C(=O)C1CCC(F)(F)C1. The molecular weight excluding hydrogens is 248 g/mol. The maximum atomic E-state index is 13.0. The molecule has 1 saturated heterocycles. The second-order valence-corrected chi connectivity index (χ2v) is 5.03. The first-order chi connectivity index (χ1) is 8.30. The molecule has 1 heterocycles. The Balaban J connectivity index is 2.07. The predicted molar refractivity (Wildman–Crippen MR) is 56.0 cm³/mol. The second kappa shape index (κ2) is 4.46. The number of aliphatic carboxylic acids is 1. The molecule has 0 radical (unpaired) electrons. The molecule has 5 nitrogen and oxygen atoms in total. The molecule has 2 rings (SSSR count). The lowest BCUT2D eigenvalue weighted by Gasteiger charge is -2.24. The standard InChI is InChI=1S/C11H15F2NO4/c12-11(13)2-1-6(4-11)9(16)14-5-7(15)3-8(14)10(17)18/h6-8,15H,1-5H2,(H,17,18)/t6?,7-,8+/m1/s1. The van der Waals surface area contributed by atoms with Crippen LogP contribution in [0.5, 0.6) is 0 Å². The van der Waals surface area contributed by atoms with Crippen molar-refractivity contribution in [3.05, 3.63) is 0 Å². The maximum absolute atomic E-state index is 13.0. The number of carboxylic acid groups (broad SMARTS) is 1. The van der Waals surface area contributed by atoms with E-state index in [-0.39, 0.29) is 25.8 Å². The molecule has 1 amide bonds. The van der Waals surface area contributed by atoms with E-state index in [1.807, 2.05) is 0 Å². The van der Waals surface area contributed by atoms with Crippen LogP contribution in [-0.4, -0.2) is 51.6 Å². The van der Waals surface area contributed by atoms with Crippen molar-refractivity contribution in [2.45, 2.75) is 43.8 Å². The third-order valence-electron chi connectivity index (χ3n) is 3.60. The Bertz CT molecular complexity index is 374. The zero-order chi connectivity index (χ0) is 13.5. The van der Waals surface area contributed by atoms with Gasteiger partial charge >= 0.3 is 5.97 Å². The third-order valence-corrected chi connectivity index (χ3v) is 3.60. The Morgan fingerprint density at radius 2 is 2.00 bits per heavy atom. The Morgan fingerprint density at radius 1 is 1.33 bits per heavy atom. The zero-order valence-electron chi connectivity index (χ0n) is 9.68. The van der Waals surface area contributed by atoms with Gasteiger partial charge in [0.25, 0.3) is 0 Å². The number of rotatable bonds is 2. The van der Waals surface area contributed by atoms with E-state index in [1.54, 1.807) is 0 Å². The van der Waals surface area contributed by atoms with E-state index in [4.69, 9.17) is 5.11 Å². The summed E-state index contributed by atoms with van der Waals surface area (Å²) in [5.74, 6) is -5.44. The highest BCUT2D eigenvalue weighted by atomic mass is 19.3. The van der Waals surface area contributed by atoms with Crippen LogP contribution in [0.15, 0.2) is 0 Å². The number of nitrogens with zero attached hydrogens (tertiary/aromatic N) is 1. The van der Waals surface area contributed by atoms with Crippen LogP contribution in [0, 0.1) is 5.92 Å². The van der Waals surface area contributed by atoms with E-state index in [2.05, 4.69) is 0 Å². The molecule has 2 aliphatic rings. The lowest BCUT2D eigenvalue weighted by Crippen LogP contribution is -2.43. The van der Waals surface area contributed by atoms with Crippen LogP contribution in [-0.2, 0) is 9.59 Å². The molecule has 0 bridgehead atoms. The summed E-state index contributed by atoms with van der Waals surface area (Å²) >= 11 is 0. The molecular formula is C11H15F2NO4. The second-order valence-electron chi connectivity index (χ2n) is 5.03. The molecule has 7 heteroatoms. The minimum atomic E-state index is -2.84. The number of likely N-dealkylation sites (tertiary alicyclic amines) is 1. The van der Waals surface area contributed by atoms with Crippen molar-refractivity contribution in [3.63, 3.8) is 0 Å². The Labute approximate surface area is 102 Å². The third kappa shape index (κ3) is 2.45. The summed E-state index contributed by atoms with van der Waals surface area (Å²) in [7, 11) is 0. The fourth-order valence-electron chi connectivity index (χ4n) is 2.69. The quantitative estimate of drug-likeness (QED) is 0.759. The number of aliphatic hydroxyl groups is 1. The maximum Gasteiger partial charge on any atom is 0.326 e. The predicted octanol–water partition coefficient (Wildman–Crippen LogP) is 0.468. The van der Waals surface area contributed by atoms with Crippen LogP contribution in [0.4, 0.5) is 8.78 Å². The van der Waals surface area contributed by atoms with Crippen molar-refractivity contribution < 1.29 is 28.6 Å². The molecule has 3 atom stereocenters. The molecule has 1 saturated carbocycles. The van der Waals surface area contributed by atoms with Gasteiger partial charge in [0.15, 0.2) is 0 Å². The summed E-state index contributed by atoms with van der Waals surface area (Å²) in [4.78, 5) is 24.0. The van der Waals surface area contributed by atoms with Crippen molar-refractivity contribution in [2.75, 3.05) is 6.54 Å². The molecule has 1 unspecified atom stereocenters. The minimum absolute atomic E-state index is 0.0375. The topological polar surface area (TPSA) is 77.8 Å². The fraction of sp³-hybridized carbons (Fsp3) is 0.818. The summed E-state index contributed by atoms with van der Waals surface area (Å²) in [6.07, 6.45) is -1.71. The van der Waals surface area contributed by atoms with E-state index < -0.39 is 42.3 Å². The number of carbonyl (C=O) groups is 2. The van der Waals surface area contributed by atoms with Gasteiger partial charge in [-0.05, 0) is 6.42 Å². The molecule has 2 fully saturated rings. The molecule has 0 aromatic heterocycles. The van der Waals surface area contributed by atoms with Gasteiger partial charge in [0.05, 0.1) is 6.10 Å². The number of carboxylic acids is 1. The van der Waals surface area contributed by atoms with Gasteiger partial charge in [-0.25, -0.2) is 13.6 Å². The number of carbonyl (C=O) groups excluding carboxylic acids is 1. The van der Waals surface area contributed by atoms with Gasteiger partial charge in [-0.2, -0.15) is 0 Å². The summed E-state index contributed by atoms with van der Waals surface area (Å²) in [6, 6.07) is -1.10. The highest BCUT2D eigenvalue weighted by Crippen LogP contribution is 2.40. The normalized spacial score (nSPS) is 34.8.